The molecule has 3 heterocycles. The van der Waals surface area contributed by atoms with Gasteiger partial charge in [0.1, 0.15) is 29.2 Å². The lowest BCUT2D eigenvalue weighted by Crippen LogP contribution is -2.58. The molecule has 2 fully saturated rings. The van der Waals surface area contributed by atoms with Crippen LogP contribution >= 0.6 is 0 Å². The number of aryl methyl sites for hydroxylation is 1. The number of carbonyl (C=O) groups excluding carboxylic acids is 2. The lowest BCUT2D eigenvalue weighted by molar-refractivity contribution is -0.139. The number of carbonyl (C=O) groups is 2. The summed E-state index contributed by atoms with van der Waals surface area (Å²) in [4.78, 5) is 38.8. The number of amides is 2. The zero-order valence-electron chi connectivity index (χ0n) is 26.6. The Morgan fingerprint density at radius 3 is 2.68 bits per heavy atom. The van der Waals surface area contributed by atoms with Gasteiger partial charge in [-0.3, -0.25) is 4.79 Å². The summed E-state index contributed by atoms with van der Waals surface area (Å²) < 4.78 is 17.9. The number of nitriles is 1. The number of nitrogens with one attached hydrogen (secondary N) is 1. The van der Waals surface area contributed by atoms with Gasteiger partial charge in [-0.25, -0.2) is 14.8 Å². The maximum Gasteiger partial charge on any atom is 0.408 e. The number of aliphatic hydroxyl groups excluding tert-OH is 1. The standard InChI is InChI=1S/C33H45N5O6/c1-19(39)27-22(14-15-34)26-18-38(27)30(40)28(32(2,3)4)37-31(41)44-33(5)17-20(33)10-8-7-9-11-24-29(43-26)36-25-16-21(42-6)12-13-23(25)35-24/h12-13,16,19-20,22,26-28,39H,7-11,14,17-18H2,1-6H3,(H,37,41)/t19?,20-,22-,26+,27-,28-,33-/m1/s1. The SMILES string of the molecule is COc1ccc2nc3c(nc2c1)O[C@H]1CN(C(=O)[C@H](C(C)(C)C)NC(=O)O[C@]2(C)C[C@H]2CCCCC3)[C@H](C(C)O)[C@@H]1CC#N. The topological polar surface area (TPSA) is 147 Å². The van der Waals surface area contributed by atoms with Crippen LogP contribution in [0.4, 0.5) is 4.79 Å². The number of rotatable bonds is 3. The summed E-state index contributed by atoms with van der Waals surface area (Å²) in [5.74, 6) is 0.425. The molecule has 1 aromatic heterocycles. The van der Waals surface area contributed by atoms with Gasteiger partial charge in [-0.15, -0.1) is 0 Å². The molecule has 3 aliphatic rings. The van der Waals surface area contributed by atoms with Gasteiger partial charge in [0.2, 0.25) is 11.8 Å². The fourth-order valence-corrected chi connectivity index (χ4v) is 6.82. The van der Waals surface area contributed by atoms with Crippen molar-refractivity contribution >= 4 is 23.0 Å². The Balaban J connectivity index is 1.56. The van der Waals surface area contributed by atoms with E-state index in [9.17, 15) is 20.0 Å². The molecule has 1 saturated heterocycles. The second-order valence-corrected chi connectivity index (χ2v) is 13.9. The first-order valence-corrected chi connectivity index (χ1v) is 15.7. The minimum atomic E-state index is -0.954. The summed E-state index contributed by atoms with van der Waals surface area (Å²) >= 11 is 0. The Bertz CT molecular complexity index is 1430. The molecule has 44 heavy (non-hydrogen) atoms. The van der Waals surface area contributed by atoms with Crippen LogP contribution in [0.3, 0.4) is 0 Å². The van der Waals surface area contributed by atoms with Crippen molar-refractivity contribution in [3.05, 3.63) is 23.9 Å². The van der Waals surface area contributed by atoms with E-state index in [4.69, 9.17) is 24.2 Å². The first-order chi connectivity index (χ1) is 20.8. The highest BCUT2D eigenvalue weighted by Gasteiger charge is 2.54. The second-order valence-electron chi connectivity index (χ2n) is 13.9. The largest absolute Gasteiger partial charge is 0.497 e. The van der Waals surface area contributed by atoms with Gasteiger partial charge in [0.25, 0.3) is 0 Å². The molecule has 2 amide bonds. The number of aromatic nitrogens is 2. The van der Waals surface area contributed by atoms with Crippen LogP contribution in [0.2, 0.25) is 0 Å². The molecule has 0 spiro atoms. The first kappa shape index (κ1) is 31.8. The van der Waals surface area contributed by atoms with Crippen LogP contribution in [0.5, 0.6) is 11.6 Å². The van der Waals surface area contributed by atoms with E-state index < -0.39 is 47.3 Å². The molecule has 7 atom stereocenters. The smallest absolute Gasteiger partial charge is 0.408 e. The van der Waals surface area contributed by atoms with Gasteiger partial charge in [-0.05, 0) is 57.1 Å². The van der Waals surface area contributed by atoms with Crippen molar-refractivity contribution in [3.63, 3.8) is 0 Å². The number of ether oxygens (including phenoxy) is 3. The lowest BCUT2D eigenvalue weighted by Gasteiger charge is -2.37. The molecule has 0 radical (unpaired) electrons. The van der Waals surface area contributed by atoms with Crippen molar-refractivity contribution < 1.29 is 28.9 Å². The number of hydrogen-bond donors (Lipinski definition) is 2. The average Bonchev–Trinajstić information content (AvgIpc) is 3.44. The summed E-state index contributed by atoms with van der Waals surface area (Å²) in [5, 5.41) is 23.6. The van der Waals surface area contributed by atoms with E-state index in [1.165, 1.54) is 0 Å². The Hall–Kier alpha value is -3.65. The van der Waals surface area contributed by atoms with Gasteiger partial charge in [-0.2, -0.15) is 5.26 Å². The van der Waals surface area contributed by atoms with Gasteiger partial charge < -0.3 is 29.5 Å². The molecule has 1 aromatic carbocycles. The molecule has 11 nitrogen and oxygen atoms in total. The Kier molecular flexibility index (Phi) is 8.94. The van der Waals surface area contributed by atoms with Gasteiger partial charge in [-0.1, -0.05) is 33.6 Å². The van der Waals surface area contributed by atoms with Crippen LogP contribution in [0.15, 0.2) is 18.2 Å². The maximum absolute atomic E-state index is 14.3. The Labute approximate surface area is 259 Å². The molecular formula is C33H45N5O6. The predicted molar refractivity (Wildman–Crippen MR) is 163 cm³/mol. The highest BCUT2D eigenvalue weighted by molar-refractivity contribution is 5.87. The molecule has 2 aromatic rings. The van der Waals surface area contributed by atoms with E-state index in [-0.39, 0.29) is 24.8 Å². The molecule has 1 saturated carbocycles. The minimum absolute atomic E-state index is 0.0591. The van der Waals surface area contributed by atoms with Crippen LogP contribution in [0.1, 0.15) is 78.8 Å². The van der Waals surface area contributed by atoms with Crippen molar-refractivity contribution in [2.75, 3.05) is 13.7 Å². The summed E-state index contributed by atoms with van der Waals surface area (Å²) in [5.41, 5.74) is 0.847. The van der Waals surface area contributed by atoms with Crippen LogP contribution in [-0.4, -0.2) is 75.5 Å². The quantitative estimate of drug-likeness (QED) is 0.513. The summed E-state index contributed by atoms with van der Waals surface area (Å²) in [7, 11) is 1.59. The average molecular weight is 608 g/mol. The van der Waals surface area contributed by atoms with Crippen molar-refractivity contribution in [2.45, 2.75) is 109 Å². The third kappa shape index (κ3) is 6.55. The lowest BCUT2D eigenvalue weighted by atomic mass is 9.85. The molecule has 2 bridgehead atoms. The highest BCUT2D eigenvalue weighted by Crippen LogP contribution is 2.49. The Morgan fingerprint density at radius 2 is 2.00 bits per heavy atom. The normalized spacial score (nSPS) is 30.4. The number of alkyl carbamates (subject to hydrolysis) is 1. The van der Waals surface area contributed by atoms with E-state index in [1.54, 1.807) is 25.0 Å². The van der Waals surface area contributed by atoms with Gasteiger partial charge >= 0.3 is 6.09 Å². The minimum Gasteiger partial charge on any atom is -0.497 e. The van der Waals surface area contributed by atoms with Crippen molar-refractivity contribution in [1.29, 1.82) is 5.26 Å². The number of methoxy groups -OCH3 is 1. The van der Waals surface area contributed by atoms with Crippen molar-refractivity contribution in [2.24, 2.45) is 17.3 Å². The zero-order chi connectivity index (χ0) is 31.8. The van der Waals surface area contributed by atoms with Crippen LogP contribution < -0.4 is 14.8 Å². The molecule has 5 rings (SSSR count). The number of aliphatic hydroxyl groups is 1. The van der Waals surface area contributed by atoms with E-state index in [2.05, 4.69) is 11.4 Å². The fourth-order valence-electron chi connectivity index (χ4n) is 6.82. The molecule has 2 N–H and O–H groups in total. The van der Waals surface area contributed by atoms with Gasteiger partial charge in [0.05, 0.1) is 42.9 Å². The third-order valence-corrected chi connectivity index (χ3v) is 9.45. The predicted octanol–water partition coefficient (Wildman–Crippen LogP) is 4.54. The van der Waals surface area contributed by atoms with Gasteiger partial charge in [0.15, 0.2) is 0 Å². The van der Waals surface area contributed by atoms with E-state index in [0.717, 1.165) is 43.3 Å². The maximum atomic E-state index is 14.3. The second kappa shape index (κ2) is 12.4. The van der Waals surface area contributed by atoms with E-state index in [1.807, 2.05) is 39.8 Å². The highest BCUT2D eigenvalue weighted by atomic mass is 16.6. The number of hydrogen-bond acceptors (Lipinski definition) is 9. The molecule has 238 valence electrons. The van der Waals surface area contributed by atoms with Crippen LogP contribution in [-0.2, 0) is 16.0 Å². The molecule has 2 aliphatic heterocycles. The molecule has 1 unspecified atom stereocenters. The van der Waals surface area contributed by atoms with E-state index in [0.29, 0.717) is 23.6 Å². The van der Waals surface area contributed by atoms with Gasteiger partial charge in [0, 0.05) is 24.3 Å². The summed E-state index contributed by atoms with van der Waals surface area (Å²) in [6, 6.07) is 6.12. The van der Waals surface area contributed by atoms with Crippen molar-refractivity contribution in [3.8, 4) is 17.7 Å². The summed E-state index contributed by atoms with van der Waals surface area (Å²) in [6.45, 7) is 9.31. The number of fused-ring (bicyclic) bond motifs is 5. The first-order valence-electron chi connectivity index (χ1n) is 15.7. The fraction of sp³-hybridized carbons (Fsp3) is 0.667. The van der Waals surface area contributed by atoms with Crippen molar-refractivity contribution in [1.82, 2.24) is 20.2 Å². The van der Waals surface area contributed by atoms with Crippen LogP contribution in [0.25, 0.3) is 11.0 Å². The van der Waals surface area contributed by atoms with E-state index >= 15 is 0 Å². The molecule has 1 aliphatic carbocycles. The van der Waals surface area contributed by atoms with Crippen LogP contribution in [0, 0.1) is 28.6 Å². The Morgan fingerprint density at radius 1 is 1.23 bits per heavy atom. The monoisotopic (exact) mass is 607 g/mol. The summed E-state index contributed by atoms with van der Waals surface area (Å²) in [6.07, 6.45) is 3.07. The third-order valence-electron chi connectivity index (χ3n) is 9.45. The number of nitrogens with zero attached hydrogens (tertiary/aromatic N) is 4. The number of benzene rings is 1. The molecule has 11 heteroatoms. The molecular weight excluding hydrogens is 562 g/mol. The zero-order valence-corrected chi connectivity index (χ0v) is 26.6.